The third-order valence-electron chi connectivity index (χ3n) is 2.78. The van der Waals surface area contributed by atoms with Crippen molar-refractivity contribution in [1.29, 1.82) is 0 Å². The number of nitrogens with zero attached hydrogens (tertiary/aromatic N) is 1. The molecule has 0 unspecified atom stereocenters. The molecule has 6 heteroatoms. The second kappa shape index (κ2) is 5.47. The number of benzene rings is 2. The topological polar surface area (TPSA) is 50.9 Å². The number of rotatable bonds is 3. The largest absolute Gasteiger partial charge is 0.389 e. The molecule has 1 heterocycles. The Kier molecular flexibility index (Phi) is 3.69. The van der Waals surface area contributed by atoms with Crippen molar-refractivity contribution in [2.24, 2.45) is 5.73 Å². The van der Waals surface area contributed by atoms with Gasteiger partial charge in [0.1, 0.15) is 4.99 Å². The van der Waals surface area contributed by atoms with Crippen molar-refractivity contribution in [2.45, 2.75) is 0 Å². The molecule has 20 heavy (non-hydrogen) atoms. The summed E-state index contributed by atoms with van der Waals surface area (Å²) in [5.41, 5.74) is 8.41. The molecule has 0 amide bonds. The highest BCUT2D eigenvalue weighted by Gasteiger charge is 2.09. The van der Waals surface area contributed by atoms with Crippen molar-refractivity contribution in [2.75, 3.05) is 5.32 Å². The number of halogens is 1. The first-order valence-electron chi connectivity index (χ1n) is 5.85. The van der Waals surface area contributed by atoms with E-state index in [9.17, 15) is 0 Å². The second-order valence-corrected chi connectivity index (χ2v) is 6.55. The molecular formula is C14H10BrN3S2. The molecule has 2 aromatic carbocycles. The van der Waals surface area contributed by atoms with E-state index >= 15 is 0 Å². The lowest BCUT2D eigenvalue weighted by Gasteiger charge is -2.09. The Morgan fingerprint density at radius 2 is 2.05 bits per heavy atom. The first kappa shape index (κ1) is 13.5. The van der Waals surface area contributed by atoms with Crippen LogP contribution in [0.1, 0.15) is 5.56 Å². The van der Waals surface area contributed by atoms with Crippen LogP contribution in [0.25, 0.3) is 10.2 Å². The van der Waals surface area contributed by atoms with E-state index < -0.39 is 0 Å². The summed E-state index contributed by atoms with van der Waals surface area (Å²) in [4.78, 5) is 4.90. The predicted octanol–water partition coefficient (Wildman–Crippen LogP) is 4.44. The number of nitrogens with two attached hydrogens (primary N) is 1. The van der Waals surface area contributed by atoms with Gasteiger partial charge >= 0.3 is 0 Å². The van der Waals surface area contributed by atoms with E-state index in [0.717, 1.165) is 31.1 Å². The maximum atomic E-state index is 5.77. The maximum absolute atomic E-state index is 5.77. The lowest BCUT2D eigenvalue weighted by atomic mass is 10.2. The van der Waals surface area contributed by atoms with Crippen LogP contribution in [0.15, 0.2) is 46.9 Å². The van der Waals surface area contributed by atoms with Gasteiger partial charge in [-0.05, 0) is 30.3 Å². The molecular weight excluding hydrogens is 354 g/mol. The Bertz CT molecular complexity index is 765. The molecule has 1 aromatic heterocycles. The van der Waals surface area contributed by atoms with Gasteiger partial charge in [0.15, 0.2) is 5.13 Å². The monoisotopic (exact) mass is 363 g/mol. The number of fused-ring (bicyclic) bond motifs is 1. The molecule has 3 aromatic rings. The molecule has 0 aliphatic carbocycles. The highest BCUT2D eigenvalue weighted by atomic mass is 79.9. The quantitative estimate of drug-likeness (QED) is 0.675. The van der Waals surface area contributed by atoms with Crippen molar-refractivity contribution >= 4 is 65.5 Å². The van der Waals surface area contributed by atoms with Gasteiger partial charge in [-0.3, -0.25) is 0 Å². The van der Waals surface area contributed by atoms with Crippen LogP contribution >= 0.6 is 39.5 Å². The summed E-state index contributed by atoms with van der Waals surface area (Å²) < 4.78 is 2.08. The first-order valence-corrected chi connectivity index (χ1v) is 7.87. The summed E-state index contributed by atoms with van der Waals surface area (Å²) in [6.45, 7) is 0. The molecule has 100 valence electrons. The Hall–Kier alpha value is -1.50. The van der Waals surface area contributed by atoms with Crippen molar-refractivity contribution in [3.63, 3.8) is 0 Å². The fraction of sp³-hybridized carbons (Fsp3) is 0. The SMILES string of the molecule is NC(=S)c1cc(Br)ccc1Nc1nc2ccccc2s1. The summed E-state index contributed by atoms with van der Waals surface area (Å²) in [5.74, 6) is 0. The van der Waals surface area contributed by atoms with Gasteiger partial charge in [0.25, 0.3) is 0 Å². The average Bonchev–Trinajstić information content (AvgIpc) is 2.82. The minimum Gasteiger partial charge on any atom is -0.389 e. The van der Waals surface area contributed by atoms with Crippen LogP contribution < -0.4 is 11.1 Å². The minimum atomic E-state index is 0.356. The number of thiazole rings is 1. The molecule has 0 bridgehead atoms. The van der Waals surface area contributed by atoms with Crippen molar-refractivity contribution < 1.29 is 0 Å². The highest BCUT2D eigenvalue weighted by molar-refractivity contribution is 9.10. The van der Waals surface area contributed by atoms with Crippen molar-refractivity contribution in [3.8, 4) is 0 Å². The van der Waals surface area contributed by atoms with Gasteiger partial charge in [-0.1, -0.05) is 51.6 Å². The van der Waals surface area contributed by atoms with Gasteiger partial charge in [0, 0.05) is 10.0 Å². The number of nitrogens with one attached hydrogen (secondary N) is 1. The molecule has 3 rings (SSSR count). The van der Waals surface area contributed by atoms with Crippen molar-refractivity contribution in [1.82, 2.24) is 4.98 Å². The third kappa shape index (κ3) is 2.67. The van der Waals surface area contributed by atoms with E-state index in [2.05, 4.69) is 26.2 Å². The van der Waals surface area contributed by atoms with E-state index in [1.807, 2.05) is 42.5 Å². The molecule has 0 saturated heterocycles. The zero-order valence-corrected chi connectivity index (χ0v) is 13.5. The summed E-state index contributed by atoms with van der Waals surface area (Å²) in [7, 11) is 0. The van der Waals surface area contributed by atoms with E-state index in [1.54, 1.807) is 11.3 Å². The van der Waals surface area contributed by atoms with Crippen LogP contribution in [-0.4, -0.2) is 9.97 Å². The predicted molar refractivity (Wildman–Crippen MR) is 92.9 cm³/mol. The normalized spacial score (nSPS) is 10.7. The number of para-hydroxylation sites is 1. The van der Waals surface area contributed by atoms with E-state index in [0.29, 0.717) is 4.99 Å². The molecule has 0 aliphatic rings. The van der Waals surface area contributed by atoms with Gasteiger partial charge in [0.2, 0.25) is 0 Å². The van der Waals surface area contributed by atoms with E-state index in [1.165, 1.54) is 0 Å². The third-order valence-corrected chi connectivity index (χ3v) is 4.45. The Morgan fingerprint density at radius 1 is 1.25 bits per heavy atom. The molecule has 0 atom stereocenters. The molecule has 3 nitrogen and oxygen atoms in total. The number of hydrogen-bond acceptors (Lipinski definition) is 4. The first-order chi connectivity index (χ1) is 9.63. The number of hydrogen-bond donors (Lipinski definition) is 2. The van der Waals surface area contributed by atoms with E-state index in [-0.39, 0.29) is 0 Å². The zero-order chi connectivity index (χ0) is 14.1. The van der Waals surface area contributed by atoms with E-state index in [4.69, 9.17) is 18.0 Å². The molecule has 0 saturated carbocycles. The Balaban J connectivity index is 2.00. The van der Waals surface area contributed by atoms with Gasteiger partial charge in [-0.2, -0.15) is 0 Å². The van der Waals surface area contributed by atoms with Crippen LogP contribution in [0.4, 0.5) is 10.8 Å². The fourth-order valence-electron chi connectivity index (χ4n) is 1.87. The number of anilines is 2. The Morgan fingerprint density at radius 3 is 2.80 bits per heavy atom. The second-order valence-electron chi connectivity index (χ2n) is 4.17. The van der Waals surface area contributed by atoms with Crippen LogP contribution in [0.3, 0.4) is 0 Å². The fourth-order valence-corrected chi connectivity index (χ4v) is 3.28. The standard InChI is InChI=1S/C14H10BrN3S2/c15-8-5-6-10(9(7-8)13(16)19)17-14-18-11-3-1-2-4-12(11)20-14/h1-7H,(H2,16,19)(H,17,18). The number of aromatic nitrogens is 1. The lowest BCUT2D eigenvalue weighted by Crippen LogP contribution is -2.11. The van der Waals surface area contributed by atoms with Crippen molar-refractivity contribution in [3.05, 3.63) is 52.5 Å². The van der Waals surface area contributed by atoms with Crippen LogP contribution in [-0.2, 0) is 0 Å². The smallest absolute Gasteiger partial charge is 0.188 e. The molecule has 0 spiro atoms. The minimum absolute atomic E-state index is 0.356. The maximum Gasteiger partial charge on any atom is 0.188 e. The zero-order valence-electron chi connectivity index (χ0n) is 10.3. The summed E-state index contributed by atoms with van der Waals surface area (Å²) >= 11 is 10.1. The Labute approximate surface area is 134 Å². The highest BCUT2D eigenvalue weighted by Crippen LogP contribution is 2.30. The summed E-state index contributed by atoms with van der Waals surface area (Å²) in [6.07, 6.45) is 0. The van der Waals surface area contributed by atoms with Gasteiger partial charge in [-0.25, -0.2) is 4.98 Å². The van der Waals surface area contributed by atoms with Gasteiger partial charge < -0.3 is 11.1 Å². The molecule has 3 N–H and O–H groups in total. The van der Waals surface area contributed by atoms with Gasteiger partial charge in [-0.15, -0.1) is 0 Å². The molecule has 0 aliphatic heterocycles. The lowest BCUT2D eigenvalue weighted by molar-refractivity contribution is 1.43. The summed E-state index contributed by atoms with van der Waals surface area (Å²) in [5, 5.41) is 4.11. The molecule has 0 radical (unpaired) electrons. The van der Waals surface area contributed by atoms with Crippen LogP contribution in [0.2, 0.25) is 0 Å². The van der Waals surface area contributed by atoms with Crippen LogP contribution in [0.5, 0.6) is 0 Å². The number of thiocarbonyl (C=S) groups is 1. The molecule has 0 fully saturated rings. The van der Waals surface area contributed by atoms with Gasteiger partial charge in [0.05, 0.1) is 15.9 Å². The summed E-state index contributed by atoms with van der Waals surface area (Å²) in [6, 6.07) is 13.8. The average molecular weight is 364 g/mol. The van der Waals surface area contributed by atoms with Crippen LogP contribution in [0, 0.1) is 0 Å².